The van der Waals surface area contributed by atoms with Crippen molar-refractivity contribution in [3.8, 4) is 0 Å². The third-order valence-corrected chi connectivity index (χ3v) is 14.3. The normalized spacial score (nSPS) is 22.8. The smallest absolute Gasteiger partial charge is 0.253 e. The molecule has 0 aliphatic carbocycles. The molecule has 0 unspecified atom stereocenters. The Kier molecular flexibility index (Phi) is 38.5. The Morgan fingerprint density at radius 3 is 1.23 bits per heavy atom. The first-order valence-electron chi connectivity index (χ1n) is 30.4. The molecule has 0 aromatic rings. The van der Waals surface area contributed by atoms with E-state index in [9.17, 15) is 73.8 Å². The van der Waals surface area contributed by atoms with E-state index in [0.29, 0.717) is 84.1 Å². The summed E-state index contributed by atoms with van der Waals surface area (Å²) in [6.45, 7) is 3.50. The first-order valence-corrected chi connectivity index (χ1v) is 30.4. The van der Waals surface area contributed by atoms with Crippen molar-refractivity contribution in [2.75, 3.05) is 85.6 Å². The molecule has 0 saturated carbocycles. The van der Waals surface area contributed by atoms with Gasteiger partial charge in [0.2, 0.25) is 41.4 Å². The maximum absolute atomic E-state index is 13.0. The second-order valence-electron chi connectivity index (χ2n) is 21.6. The minimum Gasteiger partial charge on any atom is -0.394 e. The van der Waals surface area contributed by atoms with Crippen LogP contribution in [-0.2, 0) is 71.6 Å². The van der Waals surface area contributed by atoms with Crippen LogP contribution in [0.25, 0.3) is 0 Å². The SMILES string of the molecule is CC(=O)N[C@H]1[C@H](OCCCCC(=O)NCCCNC(=O)CCOCC(COCCC(=O)NCCCNC(=O)CCCCO[C@@H]2O[C@H](CO)[C@H](O)[C@H](O)[C@H]2NC(C)=O)NC(=O)CCCCCCCCCCCN2C(=O)C=CC2=O)O[C@H](CO)[C@H](O)[C@@H]1O. The van der Waals surface area contributed by atoms with E-state index in [1.807, 2.05) is 0 Å². The first-order chi connectivity index (χ1) is 41.3. The third kappa shape index (κ3) is 31.0. The lowest BCUT2D eigenvalue weighted by atomic mass is 9.97. The second kappa shape index (κ2) is 44.2. The molecular weight excluding hydrogens is 1130 g/mol. The van der Waals surface area contributed by atoms with Gasteiger partial charge >= 0.3 is 0 Å². The van der Waals surface area contributed by atoms with Crippen LogP contribution in [-0.4, -0.2) is 242 Å². The van der Waals surface area contributed by atoms with Gasteiger partial charge in [-0.1, -0.05) is 44.9 Å². The summed E-state index contributed by atoms with van der Waals surface area (Å²) in [7, 11) is 0. The number of hydrogen-bond donors (Lipinski definition) is 13. The summed E-state index contributed by atoms with van der Waals surface area (Å²) < 4.78 is 34.0. The van der Waals surface area contributed by atoms with Gasteiger partial charge in [-0.05, 0) is 51.4 Å². The van der Waals surface area contributed by atoms with E-state index < -0.39 is 92.4 Å². The molecule has 10 atom stereocenters. The summed E-state index contributed by atoms with van der Waals surface area (Å²) in [6.07, 6.45) is 4.38. The number of hydrogen-bond acceptors (Lipinski definition) is 21. The number of carbonyl (C=O) groups excluding carboxylic acids is 9. The third-order valence-electron chi connectivity index (χ3n) is 14.3. The second-order valence-corrected chi connectivity index (χ2v) is 21.6. The molecule has 29 heteroatoms. The van der Waals surface area contributed by atoms with Crippen molar-refractivity contribution in [1.82, 2.24) is 42.1 Å². The summed E-state index contributed by atoms with van der Waals surface area (Å²) in [6, 6.07) is -2.67. The number of rotatable bonds is 47. The molecule has 2 saturated heterocycles. The van der Waals surface area contributed by atoms with Crippen molar-refractivity contribution in [3.63, 3.8) is 0 Å². The van der Waals surface area contributed by atoms with Gasteiger partial charge in [-0.15, -0.1) is 0 Å². The number of carbonyl (C=O) groups is 9. The van der Waals surface area contributed by atoms with Crippen LogP contribution in [0.4, 0.5) is 0 Å². The Morgan fingerprint density at radius 1 is 0.477 bits per heavy atom. The summed E-state index contributed by atoms with van der Waals surface area (Å²) in [4.78, 5) is 111. The van der Waals surface area contributed by atoms with Crippen LogP contribution in [0.3, 0.4) is 0 Å². The molecule has 3 heterocycles. The van der Waals surface area contributed by atoms with Gasteiger partial charge in [0.1, 0.15) is 48.7 Å². The summed E-state index contributed by atoms with van der Waals surface area (Å²) in [5.41, 5.74) is 0. The van der Waals surface area contributed by atoms with Crippen molar-refractivity contribution in [2.24, 2.45) is 0 Å². The topological polar surface area (TPSA) is 418 Å². The van der Waals surface area contributed by atoms with Gasteiger partial charge in [-0.25, -0.2) is 0 Å². The molecule has 9 amide bonds. The van der Waals surface area contributed by atoms with Gasteiger partial charge in [0.15, 0.2) is 12.6 Å². The van der Waals surface area contributed by atoms with Crippen LogP contribution in [0.5, 0.6) is 0 Å². The lowest BCUT2D eigenvalue weighted by molar-refractivity contribution is -0.270. The number of imide groups is 1. The van der Waals surface area contributed by atoms with Crippen molar-refractivity contribution in [1.29, 1.82) is 0 Å². The van der Waals surface area contributed by atoms with Crippen molar-refractivity contribution < 1.29 is 102 Å². The van der Waals surface area contributed by atoms with Crippen LogP contribution in [0.2, 0.25) is 0 Å². The molecule has 0 radical (unpaired) electrons. The van der Waals surface area contributed by atoms with Crippen LogP contribution in [0.15, 0.2) is 12.2 Å². The maximum Gasteiger partial charge on any atom is 0.253 e. The molecule has 3 aliphatic heterocycles. The average Bonchev–Trinajstić information content (AvgIpc) is 1.94. The van der Waals surface area contributed by atoms with Crippen LogP contribution >= 0.6 is 0 Å². The van der Waals surface area contributed by atoms with Gasteiger partial charge in [-0.2, -0.15) is 0 Å². The molecule has 13 N–H and O–H groups in total. The van der Waals surface area contributed by atoms with E-state index in [4.69, 9.17) is 28.4 Å². The highest BCUT2D eigenvalue weighted by Crippen LogP contribution is 2.24. The summed E-state index contributed by atoms with van der Waals surface area (Å²) in [5, 5.41) is 79.2. The van der Waals surface area contributed by atoms with E-state index in [2.05, 4.69) is 37.2 Å². The van der Waals surface area contributed by atoms with E-state index in [0.717, 1.165) is 51.4 Å². The van der Waals surface area contributed by atoms with Crippen LogP contribution in [0.1, 0.15) is 142 Å². The number of unbranched alkanes of at least 4 members (excludes halogenated alkanes) is 10. The molecule has 3 rings (SSSR count). The number of amides is 9. The maximum atomic E-state index is 13.0. The first kappa shape index (κ1) is 74.9. The predicted octanol–water partition coefficient (Wildman–Crippen LogP) is -2.38. The molecule has 3 aliphatic rings. The van der Waals surface area contributed by atoms with Gasteiger partial charge in [0, 0.05) is 104 Å². The number of aliphatic hydroxyl groups excluding tert-OH is 6. The standard InChI is InChI=1S/C57H98N8O21/c1-38(68)62-50-54(79)52(77)41(34-66)85-56(50)83-30-14-11-18-43(70)58-25-16-27-60-45(72)23-32-81-36-40(64-47(74)20-10-8-6-4-3-5-7-9-13-29-65-48(75)21-22-49(65)76)37-82-33-24-46(73)61-28-17-26-59-44(71)19-12-15-31-84-57-51(63-39(2)69)55(80)53(78)42(35-67)86-57/h21-22,40-42,50-57,66-67,77-80H,3-20,23-37H2,1-2H3,(H,58,70)(H,59,71)(H,60,72)(H,61,73)(H,62,68)(H,63,69)(H,64,74)/t41-,42-,50-,51-,52+,53+,54-,55-,56-,57-/m1/s1. The highest BCUT2D eigenvalue weighted by atomic mass is 16.7. The Hall–Kier alpha value is -5.31. The van der Waals surface area contributed by atoms with Gasteiger partial charge in [-0.3, -0.25) is 48.1 Å². The summed E-state index contributed by atoms with van der Waals surface area (Å²) >= 11 is 0. The molecule has 86 heavy (non-hydrogen) atoms. The fourth-order valence-corrected chi connectivity index (χ4v) is 9.50. The zero-order valence-corrected chi connectivity index (χ0v) is 50.1. The lowest BCUT2D eigenvalue weighted by Gasteiger charge is -2.42. The van der Waals surface area contributed by atoms with Gasteiger partial charge in [0.25, 0.3) is 11.8 Å². The van der Waals surface area contributed by atoms with E-state index in [1.54, 1.807) is 0 Å². The molecule has 0 aromatic heterocycles. The van der Waals surface area contributed by atoms with Gasteiger partial charge < -0.3 is 96.3 Å². The Labute approximate surface area is 503 Å². The summed E-state index contributed by atoms with van der Waals surface area (Å²) in [5.74, 6) is -2.56. The number of ether oxygens (including phenoxy) is 6. The Balaban J connectivity index is 1.28. The minimum absolute atomic E-state index is 0.0410. The fourth-order valence-electron chi connectivity index (χ4n) is 9.50. The fraction of sp³-hybridized carbons (Fsp3) is 0.807. The molecule has 0 spiro atoms. The van der Waals surface area contributed by atoms with E-state index in [1.165, 1.54) is 30.9 Å². The van der Waals surface area contributed by atoms with Crippen LogP contribution < -0.4 is 37.2 Å². The van der Waals surface area contributed by atoms with Crippen molar-refractivity contribution in [3.05, 3.63) is 12.2 Å². The Morgan fingerprint density at radius 2 is 0.837 bits per heavy atom. The zero-order chi connectivity index (χ0) is 63.1. The molecular formula is C57H98N8O21. The zero-order valence-electron chi connectivity index (χ0n) is 50.1. The largest absolute Gasteiger partial charge is 0.394 e. The van der Waals surface area contributed by atoms with E-state index in [-0.39, 0.29) is 107 Å². The Bertz CT molecular complexity index is 1960. The quantitative estimate of drug-likeness (QED) is 0.0223. The van der Waals surface area contributed by atoms with Crippen molar-refractivity contribution in [2.45, 2.75) is 210 Å². The monoisotopic (exact) mass is 1230 g/mol. The number of nitrogens with one attached hydrogen (secondary N) is 7. The van der Waals surface area contributed by atoms with Crippen LogP contribution in [0, 0.1) is 0 Å². The molecule has 492 valence electrons. The minimum atomic E-state index is -1.42. The molecule has 0 aromatic carbocycles. The van der Waals surface area contributed by atoms with E-state index >= 15 is 0 Å². The lowest BCUT2D eigenvalue weighted by Crippen LogP contribution is -2.64. The number of aliphatic hydroxyl groups is 6. The van der Waals surface area contributed by atoms with Crippen molar-refractivity contribution >= 4 is 53.2 Å². The molecule has 2 fully saturated rings. The predicted molar refractivity (Wildman–Crippen MR) is 306 cm³/mol. The average molecular weight is 1230 g/mol. The molecule has 29 nitrogen and oxygen atoms in total. The molecule has 0 bridgehead atoms. The highest BCUT2D eigenvalue weighted by molar-refractivity contribution is 6.12. The number of nitrogens with zero attached hydrogens (tertiary/aromatic N) is 1. The highest BCUT2D eigenvalue weighted by Gasteiger charge is 2.46. The van der Waals surface area contributed by atoms with Gasteiger partial charge in [0.05, 0.1) is 45.7 Å².